The van der Waals surface area contributed by atoms with Gasteiger partial charge in [-0.1, -0.05) is 0 Å². The SMILES string of the molecule is Cn1cc(CC(=O)N2CCC(CN3CCOC3=O)C2)cn1. The van der Waals surface area contributed by atoms with E-state index in [1.165, 1.54) is 0 Å². The number of aryl methyl sites for hydroxylation is 1. The number of likely N-dealkylation sites (tertiary alicyclic amines) is 1. The van der Waals surface area contributed by atoms with Crippen molar-refractivity contribution in [3.8, 4) is 0 Å². The highest BCUT2D eigenvalue weighted by atomic mass is 16.6. The van der Waals surface area contributed by atoms with Crippen LogP contribution in [-0.4, -0.2) is 64.4 Å². The van der Waals surface area contributed by atoms with E-state index in [1.807, 2.05) is 18.1 Å². The van der Waals surface area contributed by atoms with E-state index in [-0.39, 0.29) is 12.0 Å². The number of hydrogen-bond acceptors (Lipinski definition) is 4. The van der Waals surface area contributed by atoms with Crippen molar-refractivity contribution in [1.29, 1.82) is 0 Å². The molecule has 1 aromatic heterocycles. The van der Waals surface area contributed by atoms with Gasteiger partial charge >= 0.3 is 6.09 Å². The van der Waals surface area contributed by atoms with Crippen LogP contribution in [0.1, 0.15) is 12.0 Å². The summed E-state index contributed by atoms with van der Waals surface area (Å²) < 4.78 is 6.63. The van der Waals surface area contributed by atoms with Crippen LogP contribution < -0.4 is 0 Å². The van der Waals surface area contributed by atoms with Gasteiger partial charge in [-0.05, 0) is 17.9 Å². The van der Waals surface area contributed by atoms with Gasteiger partial charge in [0.15, 0.2) is 0 Å². The van der Waals surface area contributed by atoms with Crippen molar-refractivity contribution in [2.75, 3.05) is 32.8 Å². The Morgan fingerprint density at radius 1 is 1.48 bits per heavy atom. The van der Waals surface area contributed by atoms with Gasteiger partial charge in [-0.15, -0.1) is 0 Å². The molecule has 114 valence electrons. The molecule has 0 N–H and O–H groups in total. The normalized spacial score (nSPS) is 22.0. The maximum atomic E-state index is 12.3. The van der Waals surface area contributed by atoms with E-state index in [1.54, 1.807) is 15.8 Å². The van der Waals surface area contributed by atoms with Crippen LogP contribution in [0.25, 0.3) is 0 Å². The molecule has 1 aromatic rings. The van der Waals surface area contributed by atoms with Crippen LogP contribution in [0.5, 0.6) is 0 Å². The minimum atomic E-state index is -0.227. The number of hydrogen-bond donors (Lipinski definition) is 0. The van der Waals surface area contributed by atoms with Gasteiger partial charge in [0, 0.05) is 32.9 Å². The fourth-order valence-electron chi connectivity index (χ4n) is 2.96. The van der Waals surface area contributed by atoms with Crippen LogP contribution in [0.3, 0.4) is 0 Å². The number of aromatic nitrogens is 2. The van der Waals surface area contributed by atoms with Gasteiger partial charge in [0.2, 0.25) is 5.91 Å². The first kappa shape index (κ1) is 13.9. The number of carbonyl (C=O) groups is 2. The molecule has 0 bridgehead atoms. The molecule has 0 aromatic carbocycles. The minimum absolute atomic E-state index is 0.134. The topological polar surface area (TPSA) is 67.7 Å². The Morgan fingerprint density at radius 3 is 3.00 bits per heavy atom. The molecule has 0 aliphatic carbocycles. The van der Waals surface area contributed by atoms with Gasteiger partial charge in [0.25, 0.3) is 0 Å². The van der Waals surface area contributed by atoms with Crippen molar-refractivity contribution in [2.24, 2.45) is 13.0 Å². The van der Waals surface area contributed by atoms with Gasteiger partial charge < -0.3 is 14.5 Å². The molecular weight excluding hydrogens is 272 g/mol. The van der Waals surface area contributed by atoms with E-state index in [0.717, 1.165) is 25.1 Å². The summed E-state index contributed by atoms with van der Waals surface area (Å²) in [5.41, 5.74) is 0.939. The van der Waals surface area contributed by atoms with Crippen LogP contribution in [-0.2, 0) is 23.0 Å². The second-order valence-corrected chi connectivity index (χ2v) is 5.75. The second-order valence-electron chi connectivity index (χ2n) is 5.75. The highest BCUT2D eigenvalue weighted by Gasteiger charge is 2.31. The molecule has 0 radical (unpaired) electrons. The van der Waals surface area contributed by atoms with Gasteiger partial charge in [-0.3, -0.25) is 9.48 Å². The lowest BCUT2D eigenvalue weighted by Gasteiger charge is -2.19. The molecule has 0 saturated carbocycles. The van der Waals surface area contributed by atoms with Crippen molar-refractivity contribution < 1.29 is 14.3 Å². The molecule has 2 amide bonds. The first-order valence-corrected chi connectivity index (χ1v) is 7.29. The molecule has 2 aliphatic rings. The summed E-state index contributed by atoms with van der Waals surface area (Å²) in [5, 5.41) is 4.08. The fourth-order valence-corrected chi connectivity index (χ4v) is 2.96. The monoisotopic (exact) mass is 292 g/mol. The lowest BCUT2D eigenvalue weighted by molar-refractivity contribution is -0.129. The molecule has 7 heteroatoms. The van der Waals surface area contributed by atoms with E-state index in [0.29, 0.717) is 32.0 Å². The molecule has 0 spiro atoms. The van der Waals surface area contributed by atoms with Gasteiger partial charge in [0.05, 0.1) is 19.2 Å². The second kappa shape index (κ2) is 5.75. The van der Waals surface area contributed by atoms with Crippen LogP contribution in [0.15, 0.2) is 12.4 Å². The zero-order valence-corrected chi connectivity index (χ0v) is 12.2. The summed E-state index contributed by atoms with van der Waals surface area (Å²) >= 11 is 0. The molecule has 3 heterocycles. The Morgan fingerprint density at radius 2 is 2.33 bits per heavy atom. The third kappa shape index (κ3) is 3.17. The number of ether oxygens (including phenoxy) is 1. The van der Waals surface area contributed by atoms with Gasteiger partial charge in [0.1, 0.15) is 6.61 Å². The number of nitrogens with zero attached hydrogens (tertiary/aromatic N) is 4. The van der Waals surface area contributed by atoms with E-state index < -0.39 is 0 Å². The molecule has 1 unspecified atom stereocenters. The number of carbonyl (C=O) groups excluding carboxylic acids is 2. The largest absolute Gasteiger partial charge is 0.448 e. The average molecular weight is 292 g/mol. The Balaban J connectivity index is 1.49. The number of cyclic esters (lactones) is 1. The zero-order chi connectivity index (χ0) is 14.8. The number of amides is 2. The summed E-state index contributed by atoms with van der Waals surface area (Å²) in [7, 11) is 1.84. The minimum Gasteiger partial charge on any atom is -0.448 e. The van der Waals surface area contributed by atoms with E-state index in [9.17, 15) is 9.59 Å². The molecule has 1 atom stereocenters. The summed E-state index contributed by atoms with van der Waals surface area (Å²) in [5.74, 6) is 0.489. The summed E-state index contributed by atoms with van der Waals surface area (Å²) in [4.78, 5) is 27.3. The lowest BCUT2D eigenvalue weighted by Crippen LogP contribution is -2.34. The predicted octanol–water partition coefficient (Wildman–Crippen LogP) is 0.263. The lowest BCUT2D eigenvalue weighted by atomic mass is 10.1. The molecule has 21 heavy (non-hydrogen) atoms. The Bertz CT molecular complexity index is 542. The van der Waals surface area contributed by atoms with E-state index in [2.05, 4.69) is 5.10 Å². The zero-order valence-electron chi connectivity index (χ0n) is 12.2. The Kier molecular flexibility index (Phi) is 3.81. The fraction of sp³-hybridized carbons (Fsp3) is 0.643. The Labute approximate surface area is 123 Å². The summed E-state index contributed by atoms with van der Waals surface area (Å²) in [6.07, 6.45) is 4.71. The standard InChI is InChI=1S/C14H20N4O3/c1-16-8-12(7-15-16)6-13(19)17-3-2-11(9-17)10-18-4-5-21-14(18)20/h7-8,11H,2-6,9-10H2,1H3. The number of rotatable bonds is 4. The first-order chi connectivity index (χ1) is 10.1. The molecule has 3 rings (SSSR count). The summed E-state index contributed by atoms with van der Waals surface area (Å²) in [6, 6.07) is 0. The quantitative estimate of drug-likeness (QED) is 0.798. The van der Waals surface area contributed by atoms with Gasteiger partial charge in [-0.25, -0.2) is 4.79 Å². The van der Waals surface area contributed by atoms with Crippen LogP contribution in [0.2, 0.25) is 0 Å². The first-order valence-electron chi connectivity index (χ1n) is 7.29. The smallest absolute Gasteiger partial charge is 0.409 e. The maximum absolute atomic E-state index is 12.3. The van der Waals surface area contributed by atoms with Crippen LogP contribution in [0, 0.1) is 5.92 Å². The molecule has 7 nitrogen and oxygen atoms in total. The third-order valence-corrected chi connectivity index (χ3v) is 4.08. The highest BCUT2D eigenvalue weighted by molar-refractivity contribution is 5.79. The van der Waals surface area contributed by atoms with E-state index in [4.69, 9.17) is 4.74 Å². The van der Waals surface area contributed by atoms with Crippen molar-refractivity contribution >= 4 is 12.0 Å². The van der Waals surface area contributed by atoms with Crippen molar-refractivity contribution in [2.45, 2.75) is 12.8 Å². The van der Waals surface area contributed by atoms with Crippen molar-refractivity contribution in [1.82, 2.24) is 19.6 Å². The molecule has 2 saturated heterocycles. The molecule has 2 fully saturated rings. The summed E-state index contributed by atoms with van der Waals surface area (Å²) in [6.45, 7) is 3.33. The highest BCUT2D eigenvalue weighted by Crippen LogP contribution is 2.20. The molecular formula is C14H20N4O3. The van der Waals surface area contributed by atoms with Crippen molar-refractivity contribution in [3.05, 3.63) is 18.0 Å². The Hall–Kier alpha value is -2.05. The predicted molar refractivity (Wildman–Crippen MR) is 74.5 cm³/mol. The van der Waals surface area contributed by atoms with Crippen LogP contribution >= 0.6 is 0 Å². The maximum Gasteiger partial charge on any atom is 0.409 e. The van der Waals surface area contributed by atoms with Crippen LogP contribution in [0.4, 0.5) is 4.79 Å². The average Bonchev–Trinajstić information content (AvgIpc) is 3.14. The van der Waals surface area contributed by atoms with E-state index >= 15 is 0 Å². The van der Waals surface area contributed by atoms with Gasteiger partial charge in [-0.2, -0.15) is 5.10 Å². The van der Waals surface area contributed by atoms with Crippen molar-refractivity contribution in [3.63, 3.8) is 0 Å². The third-order valence-electron chi connectivity index (χ3n) is 4.08. The molecule has 2 aliphatic heterocycles.